The highest BCUT2D eigenvalue weighted by molar-refractivity contribution is 5.85. The van der Waals surface area contributed by atoms with Crippen molar-refractivity contribution in [2.45, 2.75) is 38.8 Å². The first-order valence-electron chi connectivity index (χ1n) is 8.42. The summed E-state index contributed by atoms with van der Waals surface area (Å²) >= 11 is 0. The van der Waals surface area contributed by atoms with Gasteiger partial charge in [0.15, 0.2) is 0 Å². The van der Waals surface area contributed by atoms with Crippen molar-refractivity contribution in [1.82, 2.24) is 10.2 Å². The molecule has 0 amide bonds. The second-order valence-corrected chi connectivity index (χ2v) is 7.17. The summed E-state index contributed by atoms with van der Waals surface area (Å²) in [6.45, 7) is 8.19. The molecule has 2 unspecified atom stereocenters. The Hall–Kier alpha value is -0.680. The smallest absolute Gasteiger partial charge is 0.123 e. The highest BCUT2D eigenvalue weighted by Gasteiger charge is 2.32. The lowest BCUT2D eigenvalue weighted by molar-refractivity contribution is 0.0558. The van der Waals surface area contributed by atoms with Gasteiger partial charge in [-0.1, -0.05) is 19.1 Å². The highest BCUT2D eigenvalue weighted by atomic mass is 35.5. The van der Waals surface area contributed by atoms with Gasteiger partial charge in [0.1, 0.15) is 5.82 Å². The normalized spacial score (nSPS) is 27.3. The molecule has 2 aliphatic rings. The van der Waals surface area contributed by atoms with Crippen LogP contribution < -0.4 is 5.32 Å². The molecule has 2 fully saturated rings. The first-order valence-corrected chi connectivity index (χ1v) is 8.42. The van der Waals surface area contributed by atoms with Crippen molar-refractivity contribution in [3.63, 3.8) is 0 Å². The van der Waals surface area contributed by atoms with E-state index in [1.54, 1.807) is 12.1 Å². The lowest BCUT2D eigenvalue weighted by atomic mass is 9.89. The van der Waals surface area contributed by atoms with Crippen LogP contribution in [0.2, 0.25) is 0 Å². The van der Waals surface area contributed by atoms with Gasteiger partial charge in [-0.15, -0.1) is 12.4 Å². The van der Waals surface area contributed by atoms with Crippen molar-refractivity contribution < 1.29 is 9.13 Å². The van der Waals surface area contributed by atoms with Gasteiger partial charge in [0.2, 0.25) is 0 Å². The molecule has 0 saturated carbocycles. The summed E-state index contributed by atoms with van der Waals surface area (Å²) in [5.74, 6) is -0.150. The minimum absolute atomic E-state index is 0. The minimum atomic E-state index is -0.150. The maximum Gasteiger partial charge on any atom is 0.123 e. The molecule has 0 radical (unpaired) electrons. The van der Waals surface area contributed by atoms with Crippen molar-refractivity contribution in [1.29, 1.82) is 0 Å². The lowest BCUT2D eigenvalue weighted by Crippen LogP contribution is -2.40. The van der Waals surface area contributed by atoms with E-state index in [2.05, 4.69) is 17.1 Å². The Morgan fingerprint density at radius 1 is 1.43 bits per heavy atom. The molecule has 2 atom stereocenters. The van der Waals surface area contributed by atoms with Crippen LogP contribution in [0.1, 0.15) is 31.7 Å². The zero-order chi connectivity index (χ0) is 15.4. The third-order valence-electron chi connectivity index (χ3n) is 4.84. The third-order valence-corrected chi connectivity index (χ3v) is 4.84. The fourth-order valence-corrected chi connectivity index (χ4v) is 3.70. The molecule has 0 aliphatic carbocycles. The van der Waals surface area contributed by atoms with Crippen molar-refractivity contribution >= 4 is 12.4 Å². The van der Waals surface area contributed by atoms with Gasteiger partial charge in [-0.25, -0.2) is 4.39 Å². The molecule has 0 spiro atoms. The van der Waals surface area contributed by atoms with Crippen molar-refractivity contribution in [3.05, 3.63) is 35.6 Å². The topological polar surface area (TPSA) is 24.5 Å². The number of nitrogens with zero attached hydrogens (tertiary/aromatic N) is 1. The SMILES string of the molecule is CC1(CN(Cc2cccc(F)c2)CC2CCCO2)CCNC1.Cl. The quantitative estimate of drug-likeness (QED) is 0.859. The van der Waals surface area contributed by atoms with Gasteiger partial charge in [0.25, 0.3) is 0 Å². The molecule has 1 aromatic rings. The highest BCUT2D eigenvalue weighted by Crippen LogP contribution is 2.27. The molecule has 2 heterocycles. The maximum atomic E-state index is 13.4. The Morgan fingerprint density at radius 2 is 2.30 bits per heavy atom. The van der Waals surface area contributed by atoms with E-state index in [0.29, 0.717) is 11.5 Å². The van der Waals surface area contributed by atoms with Gasteiger partial charge in [0, 0.05) is 32.8 Å². The number of nitrogens with one attached hydrogen (secondary N) is 1. The minimum Gasteiger partial charge on any atom is -0.377 e. The Labute approximate surface area is 145 Å². The van der Waals surface area contributed by atoms with E-state index in [1.807, 2.05) is 6.07 Å². The van der Waals surface area contributed by atoms with Gasteiger partial charge in [-0.2, -0.15) is 0 Å². The molecule has 2 saturated heterocycles. The predicted octanol–water partition coefficient (Wildman–Crippen LogP) is 3.23. The van der Waals surface area contributed by atoms with Crippen LogP contribution >= 0.6 is 12.4 Å². The van der Waals surface area contributed by atoms with Crippen LogP contribution in [-0.4, -0.2) is 43.8 Å². The Morgan fingerprint density at radius 3 is 2.96 bits per heavy atom. The molecule has 1 N–H and O–H groups in total. The van der Waals surface area contributed by atoms with Crippen LogP contribution in [0.4, 0.5) is 4.39 Å². The molecule has 1 aromatic carbocycles. The number of hydrogen-bond acceptors (Lipinski definition) is 3. The number of ether oxygens (including phenoxy) is 1. The second kappa shape index (κ2) is 8.43. The molecular weight excluding hydrogens is 315 g/mol. The van der Waals surface area contributed by atoms with Gasteiger partial charge < -0.3 is 10.1 Å². The first kappa shape index (κ1) is 18.7. The molecule has 3 rings (SSSR count). The number of rotatable bonds is 6. The van der Waals surface area contributed by atoms with E-state index in [4.69, 9.17) is 4.74 Å². The summed E-state index contributed by atoms with van der Waals surface area (Å²) in [4.78, 5) is 2.46. The molecule has 2 aliphatic heterocycles. The van der Waals surface area contributed by atoms with E-state index in [9.17, 15) is 4.39 Å². The van der Waals surface area contributed by atoms with Crippen molar-refractivity contribution in [2.24, 2.45) is 5.41 Å². The average Bonchev–Trinajstić information content (AvgIpc) is 3.11. The molecule has 5 heteroatoms. The van der Waals surface area contributed by atoms with E-state index < -0.39 is 0 Å². The summed E-state index contributed by atoms with van der Waals surface area (Å²) in [6.07, 6.45) is 3.86. The molecule has 0 aromatic heterocycles. The second-order valence-electron chi connectivity index (χ2n) is 7.17. The molecular formula is C18H28ClFN2O. The Kier molecular flexibility index (Phi) is 6.84. The molecule has 130 valence electrons. The lowest BCUT2D eigenvalue weighted by Gasteiger charge is -2.33. The summed E-state index contributed by atoms with van der Waals surface area (Å²) < 4.78 is 19.3. The predicted molar refractivity (Wildman–Crippen MR) is 93.5 cm³/mol. The molecule has 3 nitrogen and oxygen atoms in total. The summed E-state index contributed by atoms with van der Waals surface area (Å²) in [5, 5.41) is 3.47. The van der Waals surface area contributed by atoms with Crippen LogP contribution in [-0.2, 0) is 11.3 Å². The Bertz CT molecular complexity index is 488. The summed E-state index contributed by atoms with van der Waals surface area (Å²) in [6, 6.07) is 6.97. The van der Waals surface area contributed by atoms with E-state index in [0.717, 1.165) is 57.7 Å². The van der Waals surface area contributed by atoms with E-state index >= 15 is 0 Å². The fourth-order valence-electron chi connectivity index (χ4n) is 3.70. The van der Waals surface area contributed by atoms with Crippen LogP contribution in [0.5, 0.6) is 0 Å². The van der Waals surface area contributed by atoms with Gasteiger partial charge in [-0.3, -0.25) is 4.90 Å². The van der Waals surface area contributed by atoms with Crippen LogP contribution in [0, 0.1) is 11.2 Å². The monoisotopic (exact) mass is 342 g/mol. The average molecular weight is 343 g/mol. The fraction of sp³-hybridized carbons (Fsp3) is 0.667. The van der Waals surface area contributed by atoms with Gasteiger partial charge in [0.05, 0.1) is 6.10 Å². The van der Waals surface area contributed by atoms with Crippen molar-refractivity contribution in [3.8, 4) is 0 Å². The number of benzene rings is 1. The zero-order valence-corrected chi connectivity index (χ0v) is 14.7. The maximum absolute atomic E-state index is 13.4. The molecule has 23 heavy (non-hydrogen) atoms. The third kappa shape index (κ3) is 5.42. The summed E-state index contributed by atoms with van der Waals surface area (Å²) in [5.41, 5.74) is 1.36. The van der Waals surface area contributed by atoms with Crippen LogP contribution in [0.15, 0.2) is 24.3 Å². The van der Waals surface area contributed by atoms with Gasteiger partial charge >= 0.3 is 0 Å². The number of halogens is 2. The van der Waals surface area contributed by atoms with E-state index in [-0.39, 0.29) is 18.2 Å². The van der Waals surface area contributed by atoms with Gasteiger partial charge in [-0.05, 0) is 48.9 Å². The van der Waals surface area contributed by atoms with E-state index in [1.165, 1.54) is 12.5 Å². The first-order chi connectivity index (χ1) is 10.6. The Balaban J connectivity index is 0.00000192. The van der Waals surface area contributed by atoms with Crippen LogP contribution in [0.25, 0.3) is 0 Å². The zero-order valence-electron chi connectivity index (χ0n) is 13.9. The number of hydrogen-bond donors (Lipinski definition) is 1. The molecule has 0 bridgehead atoms. The van der Waals surface area contributed by atoms with Crippen LogP contribution in [0.3, 0.4) is 0 Å². The van der Waals surface area contributed by atoms with Crippen molar-refractivity contribution in [2.75, 3.05) is 32.8 Å². The largest absolute Gasteiger partial charge is 0.377 e. The standard InChI is InChI=1S/C18H27FN2O.ClH/c1-18(7-8-20-13-18)14-21(12-17-6-3-9-22-17)11-15-4-2-5-16(19)10-15;/h2,4-5,10,17,20H,3,6-9,11-14H2,1H3;1H. The summed E-state index contributed by atoms with van der Waals surface area (Å²) in [7, 11) is 0.